The van der Waals surface area contributed by atoms with Gasteiger partial charge in [-0.3, -0.25) is 4.90 Å². The lowest BCUT2D eigenvalue weighted by Gasteiger charge is -2.26. The molecule has 3 heterocycles. The largest absolute Gasteiger partial charge is 0.487 e. The molecule has 6 nitrogen and oxygen atoms in total. The molecule has 1 aromatic heterocycles. The zero-order chi connectivity index (χ0) is 18.3. The summed E-state index contributed by atoms with van der Waals surface area (Å²) in [5.74, 6) is 0.723. The Kier molecular flexibility index (Phi) is 6.32. The van der Waals surface area contributed by atoms with Gasteiger partial charge in [0.25, 0.3) is 0 Å². The minimum Gasteiger partial charge on any atom is -0.487 e. The highest BCUT2D eigenvalue weighted by Crippen LogP contribution is 2.30. The average molecular weight is 370 g/mol. The molecular weight excluding hydrogens is 344 g/mol. The summed E-state index contributed by atoms with van der Waals surface area (Å²) in [6, 6.07) is 14.1. The Balaban J connectivity index is 1.44. The van der Waals surface area contributed by atoms with Crippen molar-refractivity contribution in [2.24, 2.45) is 0 Å². The normalized spacial score (nSPS) is 18.7. The Morgan fingerprint density at radius 2 is 1.74 bits per heavy atom. The number of rotatable bonds is 7. The second-order valence-corrected chi connectivity index (χ2v) is 6.74. The maximum Gasteiger partial charge on any atom is 0.205 e. The molecule has 0 saturated carbocycles. The van der Waals surface area contributed by atoms with Gasteiger partial charge in [0.15, 0.2) is 0 Å². The summed E-state index contributed by atoms with van der Waals surface area (Å²) in [7, 11) is 0. The highest BCUT2D eigenvalue weighted by atomic mass is 16.7. The van der Waals surface area contributed by atoms with Crippen LogP contribution in [0.3, 0.4) is 0 Å². The number of morpholine rings is 1. The van der Waals surface area contributed by atoms with Crippen molar-refractivity contribution >= 4 is 0 Å². The number of hydrogen-bond donors (Lipinski definition) is 0. The van der Waals surface area contributed by atoms with Gasteiger partial charge in [-0.2, -0.15) is 0 Å². The smallest absolute Gasteiger partial charge is 0.205 e. The fourth-order valence-corrected chi connectivity index (χ4v) is 3.28. The van der Waals surface area contributed by atoms with E-state index in [-0.39, 0.29) is 0 Å². The molecule has 0 radical (unpaired) electrons. The first-order valence-corrected chi connectivity index (χ1v) is 9.58. The summed E-state index contributed by atoms with van der Waals surface area (Å²) in [5, 5.41) is 0. The van der Waals surface area contributed by atoms with Crippen molar-refractivity contribution < 1.29 is 18.9 Å². The number of ether oxygens (including phenoxy) is 4. The van der Waals surface area contributed by atoms with E-state index in [1.54, 1.807) is 0 Å². The second-order valence-electron chi connectivity index (χ2n) is 6.74. The fourth-order valence-electron chi connectivity index (χ4n) is 3.28. The van der Waals surface area contributed by atoms with Crippen LogP contribution in [0.25, 0.3) is 0 Å². The molecule has 0 N–H and O–H groups in total. The molecule has 2 aromatic rings. The number of aromatic nitrogens is 1. The van der Waals surface area contributed by atoms with Crippen molar-refractivity contribution in [1.82, 2.24) is 9.88 Å². The van der Waals surface area contributed by atoms with Gasteiger partial charge in [-0.1, -0.05) is 30.3 Å². The predicted octanol–water partition coefficient (Wildman–Crippen LogP) is 2.58. The fraction of sp³-hybridized carbons (Fsp3) is 0.476. The molecule has 1 aromatic carbocycles. The zero-order valence-electron chi connectivity index (χ0n) is 15.5. The molecule has 0 amide bonds. The van der Waals surface area contributed by atoms with Gasteiger partial charge in [0, 0.05) is 31.7 Å². The SMILES string of the molecule is c1ccc(COc2ccc(CCN3CCOCC3)nc2C2OCCO2)cc1. The van der Waals surface area contributed by atoms with Crippen molar-refractivity contribution in [3.05, 3.63) is 59.4 Å². The maximum absolute atomic E-state index is 6.04. The van der Waals surface area contributed by atoms with E-state index in [0.717, 1.165) is 62.0 Å². The van der Waals surface area contributed by atoms with Crippen LogP contribution in [0, 0.1) is 0 Å². The molecular formula is C21H26N2O4. The zero-order valence-corrected chi connectivity index (χ0v) is 15.5. The van der Waals surface area contributed by atoms with Gasteiger partial charge in [0.05, 0.1) is 26.4 Å². The van der Waals surface area contributed by atoms with Crippen LogP contribution in [0.4, 0.5) is 0 Å². The average Bonchev–Trinajstić information content (AvgIpc) is 3.27. The Bertz CT molecular complexity index is 713. The molecule has 0 aliphatic carbocycles. The Hall–Kier alpha value is -1.99. The van der Waals surface area contributed by atoms with Crippen LogP contribution in [-0.4, -0.2) is 55.9 Å². The molecule has 27 heavy (non-hydrogen) atoms. The van der Waals surface area contributed by atoms with Crippen LogP contribution >= 0.6 is 0 Å². The van der Waals surface area contributed by atoms with Gasteiger partial charge in [-0.05, 0) is 17.7 Å². The van der Waals surface area contributed by atoms with E-state index in [1.165, 1.54) is 0 Å². The van der Waals surface area contributed by atoms with E-state index >= 15 is 0 Å². The summed E-state index contributed by atoms with van der Waals surface area (Å²) >= 11 is 0. The van der Waals surface area contributed by atoms with Gasteiger partial charge >= 0.3 is 0 Å². The quantitative estimate of drug-likeness (QED) is 0.747. The van der Waals surface area contributed by atoms with Crippen molar-refractivity contribution in [3.63, 3.8) is 0 Å². The lowest BCUT2D eigenvalue weighted by molar-refractivity contribution is -0.0493. The Morgan fingerprint density at radius 3 is 2.52 bits per heavy atom. The summed E-state index contributed by atoms with van der Waals surface area (Å²) in [6.07, 6.45) is 0.442. The molecule has 2 aliphatic rings. The van der Waals surface area contributed by atoms with Gasteiger partial charge in [0.1, 0.15) is 18.1 Å². The van der Waals surface area contributed by atoms with E-state index in [4.69, 9.17) is 23.9 Å². The van der Waals surface area contributed by atoms with Crippen molar-refractivity contribution in [1.29, 1.82) is 0 Å². The highest BCUT2D eigenvalue weighted by molar-refractivity contribution is 5.31. The minimum atomic E-state index is -0.445. The van der Waals surface area contributed by atoms with E-state index in [9.17, 15) is 0 Å². The summed E-state index contributed by atoms with van der Waals surface area (Å²) in [5.41, 5.74) is 2.89. The molecule has 144 valence electrons. The van der Waals surface area contributed by atoms with E-state index < -0.39 is 6.29 Å². The number of nitrogens with zero attached hydrogens (tertiary/aromatic N) is 2. The molecule has 2 aliphatic heterocycles. The first kappa shape index (κ1) is 18.4. The Labute approximate surface area is 160 Å². The van der Waals surface area contributed by atoms with Crippen molar-refractivity contribution in [3.8, 4) is 5.75 Å². The first-order chi connectivity index (χ1) is 13.4. The van der Waals surface area contributed by atoms with Gasteiger partial charge in [0.2, 0.25) is 6.29 Å². The van der Waals surface area contributed by atoms with E-state index in [0.29, 0.717) is 19.8 Å². The highest BCUT2D eigenvalue weighted by Gasteiger charge is 2.24. The number of hydrogen-bond acceptors (Lipinski definition) is 6. The van der Waals surface area contributed by atoms with Crippen LogP contribution in [0.5, 0.6) is 5.75 Å². The maximum atomic E-state index is 6.04. The summed E-state index contributed by atoms with van der Waals surface area (Å²) in [6.45, 7) is 6.25. The molecule has 6 heteroatoms. The molecule has 0 spiro atoms. The van der Waals surface area contributed by atoms with Gasteiger partial charge in [-0.25, -0.2) is 4.98 Å². The monoisotopic (exact) mass is 370 g/mol. The third-order valence-corrected chi connectivity index (χ3v) is 4.81. The van der Waals surface area contributed by atoms with Gasteiger partial charge < -0.3 is 18.9 Å². The third-order valence-electron chi connectivity index (χ3n) is 4.81. The Morgan fingerprint density at radius 1 is 0.963 bits per heavy atom. The molecule has 0 atom stereocenters. The van der Waals surface area contributed by atoms with Crippen LogP contribution < -0.4 is 4.74 Å². The van der Waals surface area contributed by atoms with Crippen molar-refractivity contribution in [2.45, 2.75) is 19.3 Å². The number of pyridine rings is 1. The van der Waals surface area contributed by atoms with Gasteiger partial charge in [-0.15, -0.1) is 0 Å². The summed E-state index contributed by atoms with van der Waals surface area (Å²) in [4.78, 5) is 7.23. The topological polar surface area (TPSA) is 53.1 Å². The molecule has 2 fully saturated rings. The second kappa shape index (κ2) is 9.28. The predicted molar refractivity (Wildman–Crippen MR) is 101 cm³/mol. The van der Waals surface area contributed by atoms with Crippen molar-refractivity contribution in [2.75, 3.05) is 46.1 Å². The standard InChI is InChI=1S/C21H26N2O4/c1-2-4-17(5-3-1)16-27-19-7-6-18(8-9-23-10-12-24-13-11-23)22-20(19)21-25-14-15-26-21/h1-7,21H,8-16H2. The molecule has 0 bridgehead atoms. The van der Waals surface area contributed by atoms with Crippen LogP contribution in [-0.2, 0) is 27.2 Å². The molecule has 2 saturated heterocycles. The number of benzene rings is 1. The lowest BCUT2D eigenvalue weighted by Crippen LogP contribution is -2.37. The first-order valence-electron chi connectivity index (χ1n) is 9.58. The van der Waals surface area contributed by atoms with Crippen LogP contribution in [0.2, 0.25) is 0 Å². The van der Waals surface area contributed by atoms with E-state index in [1.807, 2.05) is 42.5 Å². The lowest BCUT2D eigenvalue weighted by atomic mass is 10.2. The van der Waals surface area contributed by atoms with Crippen LogP contribution in [0.1, 0.15) is 23.2 Å². The third kappa shape index (κ3) is 5.05. The summed E-state index contributed by atoms with van der Waals surface area (Å²) < 4.78 is 22.8. The minimum absolute atomic E-state index is 0.445. The van der Waals surface area contributed by atoms with E-state index in [2.05, 4.69) is 4.90 Å². The molecule has 0 unspecified atom stereocenters. The molecule has 4 rings (SSSR count). The van der Waals surface area contributed by atoms with Crippen LogP contribution in [0.15, 0.2) is 42.5 Å².